The Hall–Kier alpha value is -1.16. The largest absolute Gasteiger partial charge is 0.271 e. The van der Waals surface area contributed by atoms with Crippen molar-refractivity contribution in [3.8, 4) is 0 Å². The van der Waals surface area contributed by atoms with Gasteiger partial charge in [0, 0.05) is 4.47 Å². The van der Waals surface area contributed by atoms with Gasteiger partial charge in [0.15, 0.2) is 0 Å². The molecule has 0 aliphatic carbocycles. The van der Waals surface area contributed by atoms with E-state index in [-0.39, 0.29) is 6.04 Å². The molecule has 0 bridgehead atoms. The zero-order chi connectivity index (χ0) is 14.0. The van der Waals surface area contributed by atoms with Crippen LogP contribution in [0.4, 0.5) is 0 Å². The zero-order valence-corrected chi connectivity index (χ0v) is 13.1. The molecule has 100 valence electrons. The lowest BCUT2D eigenvalue weighted by Crippen LogP contribution is -2.30. The van der Waals surface area contributed by atoms with Crippen LogP contribution in [-0.4, -0.2) is 0 Å². The number of hydrogen-bond donors (Lipinski definition) is 2. The lowest BCUT2D eigenvalue weighted by atomic mass is 9.91. The Balaban J connectivity index is 2.53. The summed E-state index contributed by atoms with van der Waals surface area (Å²) >= 11 is 3.50. The van der Waals surface area contributed by atoms with Gasteiger partial charge in [0.1, 0.15) is 0 Å². The average Bonchev–Trinajstić information content (AvgIpc) is 2.37. The van der Waals surface area contributed by atoms with Gasteiger partial charge in [-0.25, -0.2) is 5.43 Å². The van der Waals surface area contributed by atoms with Crippen molar-refractivity contribution in [3.63, 3.8) is 0 Å². The van der Waals surface area contributed by atoms with Crippen LogP contribution in [0.15, 0.2) is 40.9 Å². The molecule has 0 spiro atoms. The number of aryl methyl sites for hydroxylation is 2. The first-order chi connectivity index (χ1) is 9.04. The van der Waals surface area contributed by atoms with Crippen molar-refractivity contribution in [1.29, 1.82) is 0 Å². The third kappa shape index (κ3) is 2.89. The molecule has 0 aliphatic rings. The molecule has 2 aromatic rings. The van der Waals surface area contributed by atoms with Crippen LogP contribution >= 0.6 is 15.9 Å². The normalized spacial score (nSPS) is 12.5. The van der Waals surface area contributed by atoms with E-state index in [0.29, 0.717) is 0 Å². The summed E-state index contributed by atoms with van der Waals surface area (Å²) in [5.41, 5.74) is 9.18. The first-order valence-electron chi connectivity index (χ1n) is 6.33. The van der Waals surface area contributed by atoms with E-state index in [4.69, 9.17) is 5.84 Å². The van der Waals surface area contributed by atoms with Gasteiger partial charge in [-0.3, -0.25) is 5.84 Å². The summed E-state index contributed by atoms with van der Waals surface area (Å²) in [6, 6.07) is 12.6. The fourth-order valence-electron chi connectivity index (χ4n) is 2.40. The van der Waals surface area contributed by atoms with E-state index in [9.17, 15) is 0 Å². The lowest BCUT2D eigenvalue weighted by Gasteiger charge is -2.22. The van der Waals surface area contributed by atoms with Crippen molar-refractivity contribution in [1.82, 2.24) is 5.43 Å². The van der Waals surface area contributed by atoms with Crippen LogP contribution in [-0.2, 0) is 0 Å². The highest BCUT2D eigenvalue weighted by atomic mass is 79.9. The van der Waals surface area contributed by atoms with E-state index in [1.54, 1.807) is 0 Å². The standard InChI is InChI=1S/C16H19BrN2/c1-10-5-4-6-15(12(10)3)16(19-18)14-8-7-13(17)9-11(14)2/h4-9,16,19H,18H2,1-3H3. The molecular formula is C16H19BrN2. The number of nitrogens with one attached hydrogen (secondary N) is 1. The van der Waals surface area contributed by atoms with Crippen LogP contribution in [0.2, 0.25) is 0 Å². The summed E-state index contributed by atoms with van der Waals surface area (Å²) in [6.07, 6.45) is 0. The third-order valence-corrected chi connectivity index (χ3v) is 4.16. The second-order valence-electron chi connectivity index (χ2n) is 4.89. The highest BCUT2D eigenvalue weighted by Crippen LogP contribution is 2.29. The van der Waals surface area contributed by atoms with Crippen molar-refractivity contribution in [2.75, 3.05) is 0 Å². The number of nitrogens with two attached hydrogens (primary N) is 1. The topological polar surface area (TPSA) is 38.0 Å². The second-order valence-corrected chi connectivity index (χ2v) is 5.81. The molecule has 3 heteroatoms. The van der Waals surface area contributed by atoms with Crippen LogP contribution < -0.4 is 11.3 Å². The highest BCUT2D eigenvalue weighted by Gasteiger charge is 2.17. The minimum Gasteiger partial charge on any atom is -0.271 e. The number of hydrazine groups is 1. The van der Waals surface area contributed by atoms with Crippen LogP contribution in [0.25, 0.3) is 0 Å². The van der Waals surface area contributed by atoms with Crippen LogP contribution in [0.1, 0.15) is 33.9 Å². The van der Waals surface area contributed by atoms with Crippen molar-refractivity contribution in [3.05, 3.63) is 68.7 Å². The number of benzene rings is 2. The molecular weight excluding hydrogens is 300 g/mol. The molecule has 0 aromatic heterocycles. The van der Waals surface area contributed by atoms with Crippen molar-refractivity contribution in [2.45, 2.75) is 26.8 Å². The fourth-order valence-corrected chi connectivity index (χ4v) is 2.87. The van der Waals surface area contributed by atoms with Gasteiger partial charge < -0.3 is 0 Å². The van der Waals surface area contributed by atoms with Gasteiger partial charge in [0.25, 0.3) is 0 Å². The average molecular weight is 319 g/mol. The Morgan fingerprint density at radius 2 is 1.74 bits per heavy atom. The van der Waals surface area contributed by atoms with Crippen molar-refractivity contribution < 1.29 is 0 Å². The summed E-state index contributed by atoms with van der Waals surface area (Å²) in [5.74, 6) is 5.80. The van der Waals surface area contributed by atoms with Gasteiger partial charge in [-0.2, -0.15) is 0 Å². The molecule has 2 aromatic carbocycles. The molecule has 0 fully saturated rings. The van der Waals surface area contributed by atoms with E-state index in [2.05, 4.69) is 78.5 Å². The number of halogens is 1. The third-order valence-electron chi connectivity index (χ3n) is 3.67. The number of rotatable bonds is 3. The van der Waals surface area contributed by atoms with E-state index in [0.717, 1.165) is 4.47 Å². The maximum Gasteiger partial charge on any atom is 0.0715 e. The van der Waals surface area contributed by atoms with Gasteiger partial charge in [-0.05, 0) is 60.7 Å². The molecule has 19 heavy (non-hydrogen) atoms. The minimum atomic E-state index is 0.0213. The molecule has 2 nitrogen and oxygen atoms in total. The summed E-state index contributed by atoms with van der Waals surface area (Å²) in [5, 5.41) is 0. The van der Waals surface area contributed by atoms with E-state index >= 15 is 0 Å². The Morgan fingerprint density at radius 1 is 1.00 bits per heavy atom. The summed E-state index contributed by atoms with van der Waals surface area (Å²) in [6.45, 7) is 6.37. The maximum absolute atomic E-state index is 5.80. The summed E-state index contributed by atoms with van der Waals surface area (Å²) in [4.78, 5) is 0. The molecule has 0 aliphatic heterocycles. The Labute approximate surface area is 123 Å². The summed E-state index contributed by atoms with van der Waals surface area (Å²) < 4.78 is 1.09. The fraction of sp³-hybridized carbons (Fsp3) is 0.250. The predicted molar refractivity (Wildman–Crippen MR) is 84.0 cm³/mol. The van der Waals surface area contributed by atoms with Crippen LogP contribution in [0, 0.1) is 20.8 Å². The molecule has 2 rings (SSSR count). The van der Waals surface area contributed by atoms with Gasteiger partial charge in [-0.1, -0.05) is 40.2 Å². The molecule has 1 unspecified atom stereocenters. The van der Waals surface area contributed by atoms with E-state index in [1.165, 1.54) is 27.8 Å². The van der Waals surface area contributed by atoms with E-state index < -0.39 is 0 Å². The van der Waals surface area contributed by atoms with Crippen LogP contribution in [0.3, 0.4) is 0 Å². The molecule has 0 radical (unpaired) electrons. The molecule has 0 saturated carbocycles. The minimum absolute atomic E-state index is 0.0213. The zero-order valence-electron chi connectivity index (χ0n) is 11.5. The maximum atomic E-state index is 5.80. The monoisotopic (exact) mass is 318 g/mol. The van der Waals surface area contributed by atoms with Crippen LogP contribution in [0.5, 0.6) is 0 Å². The SMILES string of the molecule is Cc1cc(Br)ccc1C(NN)c1cccc(C)c1C. The molecule has 0 saturated heterocycles. The highest BCUT2D eigenvalue weighted by molar-refractivity contribution is 9.10. The summed E-state index contributed by atoms with van der Waals surface area (Å²) in [7, 11) is 0. The van der Waals surface area contributed by atoms with Crippen molar-refractivity contribution >= 4 is 15.9 Å². The van der Waals surface area contributed by atoms with Gasteiger partial charge in [-0.15, -0.1) is 0 Å². The number of hydrogen-bond acceptors (Lipinski definition) is 2. The molecule has 0 heterocycles. The quantitative estimate of drug-likeness (QED) is 0.664. The van der Waals surface area contributed by atoms with Gasteiger partial charge in [0.05, 0.1) is 6.04 Å². The molecule has 1 atom stereocenters. The Morgan fingerprint density at radius 3 is 2.37 bits per heavy atom. The van der Waals surface area contributed by atoms with Gasteiger partial charge >= 0.3 is 0 Å². The van der Waals surface area contributed by atoms with Gasteiger partial charge in [0.2, 0.25) is 0 Å². The predicted octanol–water partition coefficient (Wildman–Crippen LogP) is 3.93. The lowest BCUT2D eigenvalue weighted by molar-refractivity contribution is 0.630. The second kappa shape index (κ2) is 5.87. The van der Waals surface area contributed by atoms with Crippen molar-refractivity contribution in [2.24, 2.45) is 5.84 Å². The first-order valence-corrected chi connectivity index (χ1v) is 7.12. The Bertz CT molecular complexity index is 593. The molecule has 0 amide bonds. The smallest absolute Gasteiger partial charge is 0.0715 e. The first kappa shape index (κ1) is 14.3. The molecule has 3 N–H and O–H groups in total. The Kier molecular flexibility index (Phi) is 4.40. The van der Waals surface area contributed by atoms with E-state index in [1.807, 2.05) is 0 Å².